The second-order valence-electron chi connectivity index (χ2n) is 9.67. The molecule has 7 heteroatoms. The number of rotatable bonds is 12. The second kappa shape index (κ2) is 15.1. The second-order valence-corrected chi connectivity index (χ2v) is 9.67. The SMILES string of the molecule is O=C(NCc1ccccc1)N(Cc1ccccc1)CC(O)CN(Cc1ccccc1)C(=O)NCc1ccccc1. The van der Waals surface area contributed by atoms with E-state index in [4.69, 9.17) is 0 Å². The Morgan fingerprint density at radius 1 is 0.525 bits per heavy atom. The summed E-state index contributed by atoms with van der Waals surface area (Å²) in [6.45, 7) is 1.54. The first-order chi connectivity index (χ1) is 19.6. The quantitative estimate of drug-likeness (QED) is 0.234. The third-order valence-electron chi connectivity index (χ3n) is 6.44. The third kappa shape index (κ3) is 9.29. The Bertz CT molecular complexity index is 1200. The zero-order chi connectivity index (χ0) is 28.0. The van der Waals surface area contributed by atoms with Gasteiger partial charge in [0.15, 0.2) is 0 Å². The first-order valence-corrected chi connectivity index (χ1v) is 13.5. The van der Waals surface area contributed by atoms with E-state index in [2.05, 4.69) is 10.6 Å². The van der Waals surface area contributed by atoms with Crippen molar-refractivity contribution in [3.63, 3.8) is 0 Å². The molecule has 0 unspecified atom stereocenters. The van der Waals surface area contributed by atoms with Crippen LogP contribution < -0.4 is 10.6 Å². The summed E-state index contributed by atoms with van der Waals surface area (Å²) in [5.41, 5.74) is 3.87. The summed E-state index contributed by atoms with van der Waals surface area (Å²) in [5.74, 6) is 0. The molecule has 0 aromatic heterocycles. The number of nitrogens with zero attached hydrogens (tertiary/aromatic N) is 2. The molecule has 0 aliphatic rings. The molecule has 4 aromatic rings. The van der Waals surface area contributed by atoms with Crippen molar-refractivity contribution in [3.05, 3.63) is 144 Å². The maximum atomic E-state index is 13.2. The van der Waals surface area contributed by atoms with Crippen molar-refractivity contribution >= 4 is 12.1 Å². The zero-order valence-electron chi connectivity index (χ0n) is 22.5. The summed E-state index contributed by atoms with van der Waals surface area (Å²) in [5, 5.41) is 17.1. The van der Waals surface area contributed by atoms with Crippen molar-refractivity contribution in [1.29, 1.82) is 0 Å². The molecule has 4 amide bonds. The predicted molar refractivity (Wildman–Crippen MR) is 157 cm³/mol. The summed E-state index contributed by atoms with van der Waals surface area (Å²) < 4.78 is 0. The van der Waals surface area contributed by atoms with Gasteiger partial charge in [-0.3, -0.25) is 0 Å². The van der Waals surface area contributed by atoms with Gasteiger partial charge in [0.1, 0.15) is 0 Å². The molecule has 7 nitrogen and oxygen atoms in total. The Morgan fingerprint density at radius 2 is 0.825 bits per heavy atom. The first kappa shape index (κ1) is 28.4. The van der Waals surface area contributed by atoms with Crippen LogP contribution in [-0.2, 0) is 26.2 Å². The number of nitrogens with one attached hydrogen (secondary N) is 2. The van der Waals surface area contributed by atoms with Crippen LogP contribution in [0.15, 0.2) is 121 Å². The minimum absolute atomic E-state index is 0.0623. The average molecular weight is 537 g/mol. The zero-order valence-corrected chi connectivity index (χ0v) is 22.5. The minimum Gasteiger partial charge on any atom is -0.389 e. The third-order valence-corrected chi connectivity index (χ3v) is 6.44. The van der Waals surface area contributed by atoms with Crippen LogP contribution in [0.1, 0.15) is 22.3 Å². The molecule has 4 rings (SSSR count). The molecule has 3 N–H and O–H groups in total. The Balaban J connectivity index is 1.43. The maximum absolute atomic E-state index is 13.2. The molecule has 0 fully saturated rings. The summed E-state index contributed by atoms with van der Waals surface area (Å²) in [6.07, 6.45) is -0.961. The average Bonchev–Trinajstić information content (AvgIpc) is 3.00. The number of aliphatic hydroxyl groups is 1. The van der Waals surface area contributed by atoms with E-state index in [0.717, 1.165) is 22.3 Å². The van der Waals surface area contributed by atoms with Gasteiger partial charge in [0.2, 0.25) is 0 Å². The highest BCUT2D eigenvalue weighted by Gasteiger charge is 2.23. The lowest BCUT2D eigenvalue weighted by Gasteiger charge is -2.30. The lowest BCUT2D eigenvalue weighted by atomic mass is 10.2. The van der Waals surface area contributed by atoms with Crippen LogP contribution in [0.5, 0.6) is 0 Å². The largest absolute Gasteiger partial charge is 0.389 e. The monoisotopic (exact) mass is 536 g/mol. The molecule has 0 spiro atoms. The Labute approximate surface area is 236 Å². The van der Waals surface area contributed by atoms with E-state index in [1.54, 1.807) is 9.80 Å². The van der Waals surface area contributed by atoms with Crippen LogP contribution in [0, 0.1) is 0 Å². The van der Waals surface area contributed by atoms with E-state index in [0.29, 0.717) is 26.2 Å². The molecule has 0 radical (unpaired) electrons. The Morgan fingerprint density at radius 3 is 1.15 bits per heavy atom. The standard InChI is InChI=1S/C33H36N4O3/c38-31(25-36(23-29-17-9-3-10-18-29)32(39)34-21-27-13-5-1-6-14-27)26-37(24-30-19-11-4-12-20-30)33(40)35-22-28-15-7-2-8-16-28/h1-20,31,38H,21-26H2,(H,34,39)(H,35,40). The number of hydrogen-bond donors (Lipinski definition) is 3. The van der Waals surface area contributed by atoms with Crippen molar-refractivity contribution in [2.75, 3.05) is 13.1 Å². The molecule has 4 aromatic carbocycles. The highest BCUT2D eigenvalue weighted by Crippen LogP contribution is 2.11. The molecule has 0 atom stereocenters. The summed E-state index contributed by atoms with van der Waals surface area (Å²) in [6, 6.07) is 38.1. The normalized spacial score (nSPS) is 10.7. The predicted octanol–water partition coefficient (Wildman–Crippen LogP) is 5.17. The number of carbonyl (C=O) groups excluding carboxylic acids is 2. The molecule has 0 saturated heterocycles. The van der Waals surface area contributed by atoms with E-state index in [-0.39, 0.29) is 25.2 Å². The van der Waals surface area contributed by atoms with Gasteiger partial charge in [-0.05, 0) is 22.3 Å². The minimum atomic E-state index is -0.961. The molecule has 0 aliphatic heterocycles. The van der Waals surface area contributed by atoms with Crippen LogP contribution in [-0.4, -0.2) is 46.2 Å². The van der Waals surface area contributed by atoms with Crippen LogP contribution >= 0.6 is 0 Å². The highest BCUT2D eigenvalue weighted by molar-refractivity contribution is 5.75. The smallest absolute Gasteiger partial charge is 0.318 e. The van der Waals surface area contributed by atoms with Gasteiger partial charge >= 0.3 is 12.1 Å². The van der Waals surface area contributed by atoms with Gasteiger partial charge < -0.3 is 25.5 Å². The van der Waals surface area contributed by atoms with E-state index in [9.17, 15) is 14.7 Å². The van der Waals surface area contributed by atoms with Crippen LogP contribution in [0.2, 0.25) is 0 Å². The number of carbonyl (C=O) groups is 2. The van der Waals surface area contributed by atoms with Crippen molar-refractivity contribution in [2.24, 2.45) is 0 Å². The number of benzene rings is 4. The van der Waals surface area contributed by atoms with E-state index in [1.165, 1.54) is 0 Å². The molecule has 0 bridgehead atoms. The fourth-order valence-electron chi connectivity index (χ4n) is 4.38. The Hall–Kier alpha value is -4.62. The molecular formula is C33H36N4O3. The summed E-state index contributed by atoms with van der Waals surface area (Å²) >= 11 is 0. The highest BCUT2D eigenvalue weighted by atomic mass is 16.3. The maximum Gasteiger partial charge on any atom is 0.318 e. The van der Waals surface area contributed by atoms with Gasteiger partial charge in [-0.1, -0.05) is 121 Å². The van der Waals surface area contributed by atoms with Gasteiger partial charge in [-0.25, -0.2) is 9.59 Å². The van der Waals surface area contributed by atoms with Crippen molar-refractivity contribution in [3.8, 4) is 0 Å². The molecule has 0 heterocycles. The van der Waals surface area contributed by atoms with Gasteiger partial charge in [-0.15, -0.1) is 0 Å². The van der Waals surface area contributed by atoms with E-state index in [1.807, 2.05) is 121 Å². The molecule has 206 valence electrons. The van der Waals surface area contributed by atoms with Crippen molar-refractivity contribution in [1.82, 2.24) is 20.4 Å². The van der Waals surface area contributed by atoms with Gasteiger partial charge in [0.05, 0.1) is 19.2 Å². The lowest BCUT2D eigenvalue weighted by Crippen LogP contribution is -2.48. The van der Waals surface area contributed by atoms with Crippen LogP contribution in [0.25, 0.3) is 0 Å². The number of hydrogen-bond acceptors (Lipinski definition) is 3. The van der Waals surface area contributed by atoms with Crippen molar-refractivity contribution in [2.45, 2.75) is 32.3 Å². The van der Waals surface area contributed by atoms with Gasteiger partial charge in [0, 0.05) is 26.2 Å². The number of urea groups is 2. The number of amides is 4. The van der Waals surface area contributed by atoms with Crippen LogP contribution in [0.3, 0.4) is 0 Å². The van der Waals surface area contributed by atoms with Crippen molar-refractivity contribution < 1.29 is 14.7 Å². The van der Waals surface area contributed by atoms with E-state index < -0.39 is 6.10 Å². The fraction of sp³-hybridized carbons (Fsp3) is 0.212. The molecule has 40 heavy (non-hydrogen) atoms. The van der Waals surface area contributed by atoms with Gasteiger partial charge in [0.25, 0.3) is 0 Å². The van der Waals surface area contributed by atoms with Crippen LogP contribution in [0.4, 0.5) is 9.59 Å². The fourth-order valence-corrected chi connectivity index (χ4v) is 4.38. The van der Waals surface area contributed by atoms with E-state index >= 15 is 0 Å². The first-order valence-electron chi connectivity index (χ1n) is 13.5. The summed E-state index contributed by atoms with van der Waals surface area (Å²) in [7, 11) is 0. The van der Waals surface area contributed by atoms with Gasteiger partial charge in [-0.2, -0.15) is 0 Å². The molecular weight excluding hydrogens is 500 g/mol. The lowest BCUT2D eigenvalue weighted by molar-refractivity contribution is 0.0859. The number of aliphatic hydroxyl groups excluding tert-OH is 1. The molecule has 0 aliphatic carbocycles. The molecule has 0 saturated carbocycles. The Kier molecular flexibility index (Phi) is 10.7. The topological polar surface area (TPSA) is 84.9 Å². The summed E-state index contributed by atoms with van der Waals surface area (Å²) in [4.78, 5) is 29.7.